The predicted molar refractivity (Wildman–Crippen MR) is 110 cm³/mol. The van der Waals surface area contributed by atoms with E-state index >= 15 is 0 Å². The number of hydrogen-bond donors (Lipinski definition) is 1. The number of benzene rings is 2. The van der Waals surface area contributed by atoms with E-state index in [1.807, 2.05) is 54.0 Å². The second-order valence-corrected chi connectivity index (χ2v) is 8.02. The molecule has 0 spiro atoms. The summed E-state index contributed by atoms with van der Waals surface area (Å²) in [6.45, 7) is 4.56. The number of rotatable bonds is 7. The van der Waals surface area contributed by atoms with E-state index in [1.165, 1.54) is 17.3 Å². The molecule has 0 aliphatic heterocycles. The standard InChI is InChI=1S/C20H21ClN4OS/c1-14(16-7-4-3-5-8-16)12-22-19(26)15(2)27-20-24-23-13-25(20)18-10-6-9-17(21)11-18/h3-11,13-15H,12H2,1-2H3,(H,22,26). The van der Waals surface area contributed by atoms with E-state index in [1.54, 1.807) is 6.33 Å². The zero-order valence-electron chi connectivity index (χ0n) is 15.2. The van der Waals surface area contributed by atoms with Crippen LogP contribution in [0, 0.1) is 0 Å². The largest absolute Gasteiger partial charge is 0.355 e. The molecule has 140 valence electrons. The molecule has 5 nitrogen and oxygen atoms in total. The Morgan fingerprint density at radius 2 is 1.96 bits per heavy atom. The Morgan fingerprint density at radius 3 is 2.70 bits per heavy atom. The van der Waals surface area contributed by atoms with Gasteiger partial charge in [-0.25, -0.2) is 0 Å². The fraction of sp³-hybridized carbons (Fsp3) is 0.250. The zero-order valence-corrected chi connectivity index (χ0v) is 16.7. The molecule has 1 aromatic heterocycles. The van der Waals surface area contributed by atoms with E-state index in [9.17, 15) is 4.79 Å². The molecule has 3 rings (SSSR count). The minimum absolute atomic E-state index is 0.0246. The van der Waals surface area contributed by atoms with Crippen LogP contribution in [-0.2, 0) is 4.79 Å². The van der Waals surface area contributed by atoms with Crippen LogP contribution in [0.2, 0.25) is 5.02 Å². The van der Waals surface area contributed by atoms with Gasteiger partial charge in [0.1, 0.15) is 6.33 Å². The van der Waals surface area contributed by atoms with Crippen molar-refractivity contribution in [2.24, 2.45) is 0 Å². The highest BCUT2D eigenvalue weighted by Gasteiger charge is 2.19. The van der Waals surface area contributed by atoms with Gasteiger partial charge in [-0.1, -0.05) is 66.7 Å². The molecule has 1 heterocycles. The molecule has 2 atom stereocenters. The van der Waals surface area contributed by atoms with Crippen LogP contribution in [0.25, 0.3) is 5.69 Å². The van der Waals surface area contributed by atoms with E-state index in [2.05, 4.69) is 34.6 Å². The summed E-state index contributed by atoms with van der Waals surface area (Å²) in [5.41, 5.74) is 2.07. The van der Waals surface area contributed by atoms with Gasteiger partial charge in [-0.05, 0) is 36.6 Å². The lowest BCUT2D eigenvalue weighted by Crippen LogP contribution is -2.33. The second kappa shape index (κ2) is 9.06. The molecular weight excluding hydrogens is 380 g/mol. The Kier molecular flexibility index (Phi) is 6.53. The van der Waals surface area contributed by atoms with E-state index < -0.39 is 0 Å². The van der Waals surface area contributed by atoms with Crippen molar-refractivity contribution < 1.29 is 4.79 Å². The SMILES string of the molecule is CC(Sc1nncn1-c1cccc(Cl)c1)C(=O)NCC(C)c1ccccc1. The number of amides is 1. The lowest BCUT2D eigenvalue weighted by molar-refractivity contribution is -0.120. The Morgan fingerprint density at radius 1 is 1.19 bits per heavy atom. The molecule has 1 amide bonds. The van der Waals surface area contributed by atoms with E-state index in [0.29, 0.717) is 16.7 Å². The number of aromatic nitrogens is 3. The maximum Gasteiger partial charge on any atom is 0.233 e. The number of halogens is 1. The maximum absolute atomic E-state index is 12.5. The average Bonchev–Trinajstić information content (AvgIpc) is 3.14. The second-order valence-electron chi connectivity index (χ2n) is 6.28. The maximum atomic E-state index is 12.5. The van der Waals surface area contributed by atoms with Gasteiger partial charge in [-0.15, -0.1) is 10.2 Å². The van der Waals surface area contributed by atoms with Crippen LogP contribution in [0.1, 0.15) is 25.3 Å². The van der Waals surface area contributed by atoms with Gasteiger partial charge in [-0.2, -0.15) is 0 Å². The van der Waals surface area contributed by atoms with Crippen molar-refractivity contribution in [1.29, 1.82) is 0 Å². The van der Waals surface area contributed by atoms with Gasteiger partial charge >= 0.3 is 0 Å². The Hall–Kier alpha value is -2.31. The van der Waals surface area contributed by atoms with Crippen LogP contribution >= 0.6 is 23.4 Å². The third-order valence-corrected chi connectivity index (χ3v) is 5.50. The highest BCUT2D eigenvalue weighted by Crippen LogP contribution is 2.25. The average molecular weight is 401 g/mol. The first-order valence-electron chi connectivity index (χ1n) is 8.70. The summed E-state index contributed by atoms with van der Waals surface area (Å²) in [6.07, 6.45) is 1.62. The van der Waals surface area contributed by atoms with E-state index in [0.717, 1.165) is 5.69 Å². The quantitative estimate of drug-likeness (QED) is 0.600. The Balaban J connectivity index is 1.60. The van der Waals surface area contributed by atoms with Crippen LogP contribution in [-0.4, -0.2) is 32.5 Å². The zero-order chi connectivity index (χ0) is 19.2. The molecule has 27 heavy (non-hydrogen) atoms. The highest BCUT2D eigenvalue weighted by atomic mass is 35.5. The number of carbonyl (C=O) groups is 1. The van der Waals surface area contributed by atoms with Gasteiger partial charge in [0.2, 0.25) is 5.91 Å². The predicted octanol–water partition coefficient (Wildman–Crippen LogP) is 4.32. The molecule has 0 radical (unpaired) electrons. The molecule has 3 aromatic rings. The summed E-state index contributed by atoms with van der Waals surface area (Å²) >= 11 is 7.43. The first-order valence-corrected chi connectivity index (χ1v) is 9.95. The first-order chi connectivity index (χ1) is 13.0. The molecule has 7 heteroatoms. The summed E-state index contributed by atoms with van der Waals surface area (Å²) < 4.78 is 1.83. The third kappa shape index (κ3) is 5.11. The number of nitrogens with zero attached hydrogens (tertiary/aromatic N) is 3. The molecule has 2 aromatic carbocycles. The fourth-order valence-corrected chi connectivity index (χ4v) is 3.67. The van der Waals surface area contributed by atoms with Crippen LogP contribution in [0.5, 0.6) is 0 Å². The molecule has 0 fully saturated rings. The Labute approximate surface area is 168 Å². The van der Waals surface area contributed by atoms with Crippen LogP contribution in [0.15, 0.2) is 66.1 Å². The van der Waals surface area contributed by atoms with Gasteiger partial charge < -0.3 is 5.32 Å². The lowest BCUT2D eigenvalue weighted by Gasteiger charge is -2.16. The lowest BCUT2D eigenvalue weighted by atomic mass is 10.0. The van der Waals surface area contributed by atoms with Crippen molar-refractivity contribution in [2.75, 3.05) is 6.54 Å². The molecule has 0 saturated carbocycles. The van der Waals surface area contributed by atoms with Gasteiger partial charge in [0.25, 0.3) is 0 Å². The van der Waals surface area contributed by atoms with Crippen molar-refractivity contribution in [1.82, 2.24) is 20.1 Å². The monoisotopic (exact) mass is 400 g/mol. The fourth-order valence-electron chi connectivity index (χ4n) is 2.62. The van der Waals surface area contributed by atoms with E-state index in [-0.39, 0.29) is 17.1 Å². The normalized spacial score (nSPS) is 13.1. The summed E-state index contributed by atoms with van der Waals surface area (Å²) in [5.74, 6) is 0.228. The topological polar surface area (TPSA) is 59.8 Å². The number of hydrogen-bond acceptors (Lipinski definition) is 4. The van der Waals surface area contributed by atoms with Crippen molar-refractivity contribution in [3.8, 4) is 5.69 Å². The van der Waals surface area contributed by atoms with Gasteiger partial charge in [0.15, 0.2) is 5.16 Å². The van der Waals surface area contributed by atoms with E-state index in [4.69, 9.17) is 11.6 Å². The summed E-state index contributed by atoms with van der Waals surface area (Å²) in [7, 11) is 0. The number of thioether (sulfide) groups is 1. The Bertz CT molecular complexity index is 900. The molecular formula is C20H21ClN4OS. The molecule has 1 N–H and O–H groups in total. The highest BCUT2D eigenvalue weighted by molar-refractivity contribution is 8.00. The molecule has 0 aliphatic carbocycles. The molecule has 2 unspecified atom stereocenters. The molecule has 0 aliphatic rings. The van der Waals surface area contributed by atoms with Crippen molar-refractivity contribution >= 4 is 29.3 Å². The van der Waals surface area contributed by atoms with Crippen LogP contribution in [0.4, 0.5) is 0 Å². The first kappa shape index (κ1) is 19.5. The van der Waals surface area contributed by atoms with Gasteiger partial charge in [-0.3, -0.25) is 9.36 Å². The minimum Gasteiger partial charge on any atom is -0.355 e. The minimum atomic E-state index is -0.296. The van der Waals surface area contributed by atoms with Crippen molar-refractivity contribution in [2.45, 2.75) is 30.2 Å². The molecule has 0 bridgehead atoms. The number of nitrogens with one attached hydrogen (secondary N) is 1. The molecule has 0 saturated heterocycles. The van der Waals surface area contributed by atoms with Crippen LogP contribution < -0.4 is 5.32 Å². The number of carbonyl (C=O) groups excluding carboxylic acids is 1. The van der Waals surface area contributed by atoms with Gasteiger partial charge in [0.05, 0.1) is 10.9 Å². The van der Waals surface area contributed by atoms with Crippen LogP contribution in [0.3, 0.4) is 0 Å². The van der Waals surface area contributed by atoms with Crippen molar-refractivity contribution in [3.63, 3.8) is 0 Å². The third-order valence-electron chi connectivity index (χ3n) is 4.21. The summed E-state index contributed by atoms with van der Waals surface area (Å²) in [4.78, 5) is 12.5. The van der Waals surface area contributed by atoms with Crippen molar-refractivity contribution in [3.05, 3.63) is 71.5 Å². The smallest absolute Gasteiger partial charge is 0.233 e. The summed E-state index contributed by atoms with van der Waals surface area (Å²) in [5, 5.41) is 12.1. The van der Waals surface area contributed by atoms with Gasteiger partial charge in [0, 0.05) is 11.6 Å². The summed E-state index contributed by atoms with van der Waals surface area (Å²) in [6, 6.07) is 17.6.